The van der Waals surface area contributed by atoms with Gasteiger partial charge in [-0.15, -0.1) is 0 Å². The van der Waals surface area contributed by atoms with E-state index >= 15 is 0 Å². The van der Waals surface area contributed by atoms with Crippen molar-refractivity contribution < 1.29 is 13.9 Å². The molecule has 0 atom stereocenters. The summed E-state index contributed by atoms with van der Waals surface area (Å²) in [6, 6.07) is 24.8. The number of hydrogen-bond donors (Lipinski definition) is 0. The Labute approximate surface area is 218 Å². The summed E-state index contributed by atoms with van der Waals surface area (Å²) in [4.78, 5) is 19.8. The number of carbonyl (C=O) groups is 1. The largest absolute Gasteiger partial charge is 0.496 e. The van der Waals surface area contributed by atoms with Crippen LogP contribution in [-0.4, -0.2) is 36.8 Å². The van der Waals surface area contributed by atoms with Crippen molar-refractivity contribution in [1.29, 1.82) is 0 Å². The van der Waals surface area contributed by atoms with Crippen LogP contribution in [0.15, 0.2) is 88.3 Å². The molecule has 0 aliphatic carbocycles. The molecule has 4 aromatic carbocycles. The number of benzene rings is 4. The Hall–Kier alpha value is -3.51. The number of halogens is 2. The molecule has 1 amide bonds. The maximum atomic E-state index is 14.3. The number of hydrogen-bond acceptors (Lipinski definition) is 3. The summed E-state index contributed by atoms with van der Waals surface area (Å²) >= 11 is 3.52. The average Bonchev–Trinajstić information content (AvgIpc) is 3.37. The van der Waals surface area contributed by atoms with Crippen LogP contribution in [0.4, 0.5) is 4.39 Å². The molecular formula is C30H26BrFN2O2. The third-order valence-corrected chi connectivity index (χ3v) is 7.02. The minimum Gasteiger partial charge on any atom is -0.496 e. The molecule has 6 heteroatoms. The van der Waals surface area contributed by atoms with Crippen LogP contribution in [0.1, 0.15) is 22.3 Å². The minimum absolute atomic E-state index is 0.00883. The molecule has 0 saturated carbocycles. The van der Waals surface area contributed by atoms with E-state index in [1.165, 1.54) is 6.07 Å². The summed E-state index contributed by atoms with van der Waals surface area (Å²) in [5.74, 6) is 1.10. The maximum absolute atomic E-state index is 14.3. The molecule has 0 N–H and O–H groups in total. The van der Waals surface area contributed by atoms with Crippen LogP contribution in [0.2, 0.25) is 0 Å². The van der Waals surface area contributed by atoms with Gasteiger partial charge in [-0.1, -0.05) is 58.4 Å². The summed E-state index contributed by atoms with van der Waals surface area (Å²) in [6.07, 6.45) is 1.54. The third-order valence-electron chi connectivity index (χ3n) is 6.53. The number of ether oxygens (including phenoxy) is 1. The summed E-state index contributed by atoms with van der Waals surface area (Å²) in [7, 11) is 1.65. The molecule has 1 aliphatic rings. The van der Waals surface area contributed by atoms with E-state index in [1.807, 2.05) is 42.5 Å². The third kappa shape index (κ3) is 5.19. The number of aliphatic imine (C=N–C) groups is 1. The van der Waals surface area contributed by atoms with E-state index < -0.39 is 0 Å². The lowest BCUT2D eigenvalue weighted by molar-refractivity contribution is -0.126. The van der Waals surface area contributed by atoms with Crippen LogP contribution in [0.25, 0.3) is 10.8 Å². The molecule has 0 aromatic heterocycles. The predicted molar refractivity (Wildman–Crippen MR) is 145 cm³/mol. The number of carbonyl (C=O) groups excluding carboxylic acids is 1. The fourth-order valence-corrected chi connectivity index (χ4v) is 5.15. The Morgan fingerprint density at radius 1 is 0.972 bits per heavy atom. The first-order valence-electron chi connectivity index (χ1n) is 12.0. The van der Waals surface area contributed by atoms with E-state index in [-0.39, 0.29) is 18.1 Å². The van der Waals surface area contributed by atoms with Gasteiger partial charge in [-0.3, -0.25) is 14.7 Å². The van der Waals surface area contributed by atoms with E-state index in [1.54, 1.807) is 24.1 Å². The molecule has 0 fully saturated rings. The highest BCUT2D eigenvalue weighted by Crippen LogP contribution is 2.26. The van der Waals surface area contributed by atoms with Crippen molar-refractivity contribution in [3.05, 3.63) is 111 Å². The number of rotatable bonds is 7. The van der Waals surface area contributed by atoms with E-state index in [4.69, 9.17) is 4.74 Å². The lowest BCUT2D eigenvalue weighted by Gasteiger charge is -2.21. The first-order chi connectivity index (χ1) is 17.5. The zero-order valence-electron chi connectivity index (χ0n) is 20.0. The van der Waals surface area contributed by atoms with E-state index in [0.29, 0.717) is 31.8 Å². The Morgan fingerprint density at radius 3 is 2.61 bits per heavy atom. The Morgan fingerprint density at radius 2 is 1.78 bits per heavy atom. The number of methoxy groups -OCH3 is 1. The van der Waals surface area contributed by atoms with Crippen LogP contribution in [0, 0.1) is 5.82 Å². The van der Waals surface area contributed by atoms with Gasteiger partial charge in [-0.05, 0) is 76.7 Å². The van der Waals surface area contributed by atoms with Gasteiger partial charge in [0.25, 0.3) is 0 Å². The Bertz CT molecular complexity index is 1470. The fourth-order valence-electron chi connectivity index (χ4n) is 4.74. The topological polar surface area (TPSA) is 41.9 Å². The zero-order chi connectivity index (χ0) is 25.1. The molecule has 182 valence electrons. The SMILES string of the molecule is COc1ccc(Br)cc1CCc1cc(F)ccc1C1=NCCN1C(=O)Cc1ccc2ccccc2c1. The normalized spacial score (nSPS) is 13.2. The van der Waals surface area contributed by atoms with Gasteiger partial charge >= 0.3 is 0 Å². The average molecular weight is 545 g/mol. The molecular weight excluding hydrogens is 519 g/mol. The molecule has 0 spiro atoms. The number of fused-ring (bicyclic) bond motifs is 1. The fraction of sp³-hybridized carbons (Fsp3) is 0.200. The van der Waals surface area contributed by atoms with Gasteiger partial charge in [0.05, 0.1) is 20.1 Å². The van der Waals surface area contributed by atoms with Crippen LogP contribution in [0.5, 0.6) is 5.75 Å². The molecule has 1 aliphatic heterocycles. The van der Waals surface area contributed by atoms with Crippen molar-refractivity contribution in [3.8, 4) is 5.75 Å². The maximum Gasteiger partial charge on any atom is 0.232 e. The van der Waals surface area contributed by atoms with Gasteiger partial charge in [0, 0.05) is 16.6 Å². The summed E-state index contributed by atoms with van der Waals surface area (Å²) in [5, 5.41) is 2.26. The van der Waals surface area contributed by atoms with Crippen molar-refractivity contribution in [2.45, 2.75) is 19.3 Å². The second-order valence-corrected chi connectivity index (χ2v) is 9.78. The van der Waals surface area contributed by atoms with Crippen molar-refractivity contribution in [2.24, 2.45) is 4.99 Å². The summed E-state index contributed by atoms with van der Waals surface area (Å²) < 4.78 is 20.8. The van der Waals surface area contributed by atoms with Gasteiger partial charge in [-0.25, -0.2) is 4.39 Å². The second kappa shape index (κ2) is 10.6. The smallest absolute Gasteiger partial charge is 0.232 e. The lowest BCUT2D eigenvalue weighted by atomic mass is 9.98. The summed E-state index contributed by atoms with van der Waals surface area (Å²) in [6.45, 7) is 1.06. The van der Waals surface area contributed by atoms with Crippen LogP contribution >= 0.6 is 15.9 Å². The van der Waals surface area contributed by atoms with Crippen molar-refractivity contribution in [2.75, 3.05) is 20.2 Å². The highest BCUT2D eigenvalue weighted by Gasteiger charge is 2.26. The van der Waals surface area contributed by atoms with Gasteiger partial charge < -0.3 is 4.74 Å². The van der Waals surface area contributed by atoms with Crippen LogP contribution in [0.3, 0.4) is 0 Å². The minimum atomic E-state index is -0.303. The molecule has 1 heterocycles. The van der Waals surface area contributed by atoms with Gasteiger partial charge in [0.15, 0.2) is 0 Å². The van der Waals surface area contributed by atoms with Crippen molar-refractivity contribution >= 4 is 38.4 Å². The number of amides is 1. The van der Waals surface area contributed by atoms with Gasteiger partial charge in [0.1, 0.15) is 17.4 Å². The highest BCUT2D eigenvalue weighted by molar-refractivity contribution is 9.10. The zero-order valence-corrected chi connectivity index (χ0v) is 21.6. The number of amidine groups is 1. The van der Waals surface area contributed by atoms with E-state index in [9.17, 15) is 9.18 Å². The first-order valence-corrected chi connectivity index (χ1v) is 12.7. The predicted octanol–water partition coefficient (Wildman–Crippen LogP) is 6.37. The highest BCUT2D eigenvalue weighted by atomic mass is 79.9. The molecule has 0 radical (unpaired) electrons. The molecule has 0 bridgehead atoms. The molecule has 0 saturated heterocycles. The Balaban J connectivity index is 1.37. The molecule has 4 aromatic rings. The lowest BCUT2D eigenvalue weighted by Crippen LogP contribution is -2.36. The van der Waals surface area contributed by atoms with Gasteiger partial charge in [0.2, 0.25) is 5.91 Å². The van der Waals surface area contributed by atoms with Gasteiger partial charge in [-0.2, -0.15) is 0 Å². The molecule has 5 rings (SSSR count). The molecule has 0 unspecified atom stereocenters. The first kappa shape index (κ1) is 24.2. The van der Waals surface area contributed by atoms with E-state index in [0.717, 1.165) is 43.2 Å². The standard InChI is InChI=1S/C30H26BrFN2O2/c1-36-28-13-10-25(31)18-24(28)9-8-23-19-26(32)11-12-27(23)30-33-14-15-34(30)29(35)17-20-6-7-21-4-2-3-5-22(21)16-20/h2-7,10-13,16,18-19H,8-9,14-15,17H2,1H3. The summed E-state index contributed by atoms with van der Waals surface area (Å²) in [5.41, 5.74) is 3.61. The molecule has 4 nitrogen and oxygen atoms in total. The second-order valence-electron chi connectivity index (χ2n) is 8.87. The number of nitrogens with zero attached hydrogens (tertiary/aromatic N) is 2. The van der Waals surface area contributed by atoms with Crippen molar-refractivity contribution in [3.63, 3.8) is 0 Å². The monoisotopic (exact) mass is 544 g/mol. The van der Waals surface area contributed by atoms with E-state index in [2.05, 4.69) is 39.1 Å². The Kier molecular flexibility index (Phi) is 7.14. The number of aryl methyl sites for hydroxylation is 2. The quantitative estimate of drug-likeness (QED) is 0.271. The van der Waals surface area contributed by atoms with Crippen molar-refractivity contribution in [1.82, 2.24) is 4.90 Å². The van der Waals surface area contributed by atoms with Crippen LogP contribution in [-0.2, 0) is 24.1 Å². The van der Waals surface area contributed by atoms with Crippen LogP contribution < -0.4 is 4.74 Å². The molecule has 36 heavy (non-hydrogen) atoms.